The summed E-state index contributed by atoms with van der Waals surface area (Å²) in [6, 6.07) is 13.0. The molecule has 0 bridgehead atoms. The van der Waals surface area contributed by atoms with Crippen molar-refractivity contribution in [2.75, 3.05) is 0 Å². The van der Waals surface area contributed by atoms with Gasteiger partial charge in [0, 0.05) is 6.21 Å². The van der Waals surface area contributed by atoms with Gasteiger partial charge in [0.05, 0.1) is 5.69 Å². The van der Waals surface area contributed by atoms with Crippen LogP contribution < -0.4 is 0 Å². The van der Waals surface area contributed by atoms with Gasteiger partial charge < -0.3 is 0 Å². The fourth-order valence-electron chi connectivity index (χ4n) is 2.76. The highest BCUT2D eigenvalue weighted by Gasteiger charge is 2.06. The highest BCUT2D eigenvalue weighted by atomic mass is 14.7. The summed E-state index contributed by atoms with van der Waals surface area (Å²) in [4.78, 5) is 4.38. The number of hydrogen-bond acceptors (Lipinski definition) is 1. The maximum Gasteiger partial charge on any atom is 0.0697 e. The van der Waals surface area contributed by atoms with Gasteiger partial charge >= 0.3 is 0 Å². The molecule has 1 heteroatoms. The molecule has 0 aliphatic rings. The van der Waals surface area contributed by atoms with Crippen LogP contribution in [0.15, 0.2) is 54.5 Å². The summed E-state index contributed by atoms with van der Waals surface area (Å²) in [7, 11) is 0. The monoisotopic (exact) mass is 303 g/mol. The molecule has 0 saturated heterocycles. The molecule has 0 N–H and O–H groups in total. The lowest BCUT2D eigenvalue weighted by atomic mass is 9.94. The Morgan fingerprint density at radius 2 is 1.91 bits per heavy atom. The van der Waals surface area contributed by atoms with Gasteiger partial charge in [-0.2, -0.15) is 0 Å². The third kappa shape index (κ3) is 4.29. The van der Waals surface area contributed by atoms with Gasteiger partial charge in [-0.25, -0.2) is 0 Å². The maximum absolute atomic E-state index is 4.38. The van der Waals surface area contributed by atoms with Crippen molar-refractivity contribution >= 4 is 23.6 Å². The molecular weight excluding hydrogens is 278 g/mol. The Kier molecular flexibility index (Phi) is 5.70. The van der Waals surface area contributed by atoms with Gasteiger partial charge in [-0.05, 0) is 68.0 Å². The van der Waals surface area contributed by atoms with Gasteiger partial charge in [0.2, 0.25) is 0 Å². The molecule has 0 aliphatic carbocycles. The Morgan fingerprint density at radius 1 is 1.13 bits per heavy atom. The Morgan fingerprint density at radius 3 is 2.57 bits per heavy atom. The number of rotatable bonds is 6. The lowest BCUT2D eigenvalue weighted by Crippen LogP contribution is -1.97. The largest absolute Gasteiger partial charge is 0.261 e. The third-order valence-electron chi connectivity index (χ3n) is 3.99. The van der Waals surface area contributed by atoms with Crippen molar-refractivity contribution in [3.8, 4) is 0 Å². The van der Waals surface area contributed by atoms with Crippen molar-refractivity contribution in [1.29, 1.82) is 0 Å². The van der Waals surface area contributed by atoms with E-state index in [1.807, 2.05) is 19.2 Å². The predicted molar refractivity (Wildman–Crippen MR) is 104 cm³/mol. The first kappa shape index (κ1) is 17.0. The Balaban J connectivity index is 2.21. The van der Waals surface area contributed by atoms with Crippen LogP contribution in [-0.4, -0.2) is 6.21 Å². The smallest absolute Gasteiger partial charge is 0.0697 e. The molecule has 0 aliphatic heterocycles. The first-order valence-electron chi connectivity index (χ1n) is 8.04. The molecule has 2 aromatic rings. The molecule has 118 valence electrons. The minimum Gasteiger partial charge on any atom is -0.261 e. The van der Waals surface area contributed by atoms with E-state index in [1.54, 1.807) is 0 Å². The van der Waals surface area contributed by atoms with Gasteiger partial charge in [-0.15, -0.1) is 0 Å². The lowest BCUT2D eigenvalue weighted by Gasteiger charge is -2.11. The number of benzene rings is 2. The van der Waals surface area contributed by atoms with Gasteiger partial charge in [-0.1, -0.05) is 54.6 Å². The summed E-state index contributed by atoms with van der Waals surface area (Å²) in [5, 5.41) is 0. The van der Waals surface area contributed by atoms with E-state index in [1.165, 1.54) is 22.3 Å². The number of nitrogens with zero attached hydrogens (tertiary/aromatic N) is 1. The SMILES string of the molecule is C=Cc1cc(CCc2ccc(C)cc2C(=C)C)ccc1/N=C\C. The maximum atomic E-state index is 4.38. The van der Waals surface area contributed by atoms with Crippen molar-refractivity contribution in [3.63, 3.8) is 0 Å². The topological polar surface area (TPSA) is 12.4 Å². The Bertz CT molecular complexity index is 751. The molecule has 0 fully saturated rings. The van der Waals surface area contributed by atoms with Crippen LogP contribution in [0, 0.1) is 6.92 Å². The zero-order valence-corrected chi connectivity index (χ0v) is 14.4. The predicted octanol–water partition coefficient (Wildman–Crippen LogP) is 6.18. The zero-order valence-electron chi connectivity index (χ0n) is 14.4. The lowest BCUT2D eigenvalue weighted by molar-refractivity contribution is 0.954. The van der Waals surface area contributed by atoms with Crippen molar-refractivity contribution in [2.24, 2.45) is 4.99 Å². The van der Waals surface area contributed by atoms with Crippen molar-refractivity contribution in [2.45, 2.75) is 33.6 Å². The number of aryl methyl sites for hydroxylation is 3. The summed E-state index contributed by atoms with van der Waals surface area (Å²) in [6.07, 6.45) is 5.69. The van der Waals surface area contributed by atoms with Crippen LogP contribution >= 0.6 is 0 Å². The van der Waals surface area contributed by atoms with Crippen LogP contribution in [0.2, 0.25) is 0 Å². The summed E-state index contributed by atoms with van der Waals surface area (Å²) in [5.74, 6) is 0. The normalized spacial score (nSPS) is 10.9. The highest BCUT2D eigenvalue weighted by Crippen LogP contribution is 2.24. The molecule has 0 atom stereocenters. The minimum absolute atomic E-state index is 0.976. The molecule has 1 nitrogen and oxygen atoms in total. The van der Waals surface area contributed by atoms with E-state index >= 15 is 0 Å². The van der Waals surface area contributed by atoms with E-state index in [-0.39, 0.29) is 0 Å². The molecular formula is C22H25N. The Hall–Kier alpha value is -2.41. The molecule has 2 rings (SSSR count). The fraction of sp³-hybridized carbons (Fsp3) is 0.227. The van der Waals surface area contributed by atoms with Crippen LogP contribution in [0.1, 0.15) is 41.7 Å². The minimum atomic E-state index is 0.976. The van der Waals surface area contributed by atoms with E-state index in [9.17, 15) is 0 Å². The number of hydrogen-bond donors (Lipinski definition) is 0. The molecule has 0 radical (unpaired) electrons. The summed E-state index contributed by atoms with van der Waals surface area (Å²) in [6.45, 7) is 14.1. The first-order chi connectivity index (χ1) is 11.0. The van der Waals surface area contributed by atoms with Crippen LogP contribution in [-0.2, 0) is 12.8 Å². The zero-order chi connectivity index (χ0) is 16.8. The van der Waals surface area contributed by atoms with Gasteiger partial charge in [0.25, 0.3) is 0 Å². The van der Waals surface area contributed by atoms with E-state index in [0.29, 0.717) is 0 Å². The second-order valence-corrected chi connectivity index (χ2v) is 5.93. The van der Waals surface area contributed by atoms with Crippen molar-refractivity contribution < 1.29 is 0 Å². The Labute approximate surface area is 140 Å². The molecule has 0 heterocycles. The van der Waals surface area contributed by atoms with Crippen LogP contribution in [0.4, 0.5) is 5.69 Å². The van der Waals surface area contributed by atoms with E-state index in [4.69, 9.17) is 0 Å². The van der Waals surface area contributed by atoms with Crippen molar-refractivity contribution in [1.82, 2.24) is 0 Å². The standard InChI is InChI=1S/C22H25N/c1-6-19-15-18(10-13-22(19)23-7-2)9-12-20-11-8-17(5)14-21(20)16(3)4/h6-8,10-11,13-15H,1,3,9,12H2,2,4-5H3/b23-7-. The highest BCUT2D eigenvalue weighted by molar-refractivity contribution is 5.69. The second-order valence-electron chi connectivity index (χ2n) is 5.93. The van der Waals surface area contributed by atoms with Gasteiger partial charge in [0.15, 0.2) is 0 Å². The third-order valence-corrected chi connectivity index (χ3v) is 3.99. The van der Waals surface area contributed by atoms with Gasteiger partial charge in [0.1, 0.15) is 0 Å². The quantitative estimate of drug-likeness (QED) is 0.565. The molecule has 0 spiro atoms. The fourth-order valence-corrected chi connectivity index (χ4v) is 2.76. The second kappa shape index (κ2) is 7.73. The average Bonchev–Trinajstić information content (AvgIpc) is 2.54. The first-order valence-corrected chi connectivity index (χ1v) is 8.04. The van der Waals surface area contributed by atoms with Gasteiger partial charge in [-0.3, -0.25) is 4.99 Å². The molecule has 0 aromatic heterocycles. The molecule has 23 heavy (non-hydrogen) atoms. The van der Waals surface area contributed by atoms with E-state index in [2.05, 4.69) is 68.4 Å². The van der Waals surface area contributed by atoms with Crippen molar-refractivity contribution in [3.05, 3.63) is 77.4 Å². The number of aliphatic imine (C=N–C) groups is 1. The number of allylic oxidation sites excluding steroid dienone is 1. The van der Waals surface area contributed by atoms with E-state index < -0.39 is 0 Å². The summed E-state index contributed by atoms with van der Waals surface area (Å²) >= 11 is 0. The summed E-state index contributed by atoms with van der Waals surface area (Å²) < 4.78 is 0. The molecule has 0 saturated carbocycles. The molecule has 0 unspecified atom stereocenters. The van der Waals surface area contributed by atoms with Crippen LogP contribution in [0.3, 0.4) is 0 Å². The summed E-state index contributed by atoms with van der Waals surface area (Å²) in [5.41, 5.74) is 8.42. The van der Waals surface area contributed by atoms with Crippen LogP contribution in [0.5, 0.6) is 0 Å². The molecule has 2 aromatic carbocycles. The van der Waals surface area contributed by atoms with E-state index in [0.717, 1.165) is 29.7 Å². The average molecular weight is 303 g/mol. The van der Waals surface area contributed by atoms with Crippen LogP contribution in [0.25, 0.3) is 11.6 Å². The molecule has 0 amide bonds.